The Morgan fingerprint density at radius 3 is 2.68 bits per heavy atom. The molecule has 0 spiro atoms. The van der Waals surface area contributed by atoms with Gasteiger partial charge in [-0.25, -0.2) is 0 Å². The topological polar surface area (TPSA) is 52.3 Å². The molecular weight excluding hydrogens is 325 g/mol. The zero-order valence-electron chi connectivity index (χ0n) is 11.8. The normalized spacial score (nSPS) is 10.9. The number of hydrogen-bond acceptors (Lipinski definition) is 4. The zero-order chi connectivity index (χ0) is 15.9. The second-order valence-electron chi connectivity index (χ2n) is 4.71. The lowest BCUT2D eigenvalue weighted by Gasteiger charge is -2.07. The molecule has 2 aromatic heterocycles. The average Bonchev–Trinajstić information content (AvgIpc) is 2.92. The van der Waals surface area contributed by atoms with Gasteiger partial charge >= 0.3 is 0 Å². The highest BCUT2D eigenvalue weighted by atomic mass is 35.5. The number of ketones is 1. The Hall–Kier alpha value is -2.04. The molecule has 0 atom stereocenters. The summed E-state index contributed by atoms with van der Waals surface area (Å²) in [4.78, 5) is 15.9. The van der Waals surface area contributed by atoms with E-state index >= 15 is 0 Å². The van der Waals surface area contributed by atoms with E-state index in [-0.39, 0.29) is 11.5 Å². The van der Waals surface area contributed by atoms with Crippen molar-refractivity contribution in [3.05, 3.63) is 46.3 Å². The highest BCUT2D eigenvalue weighted by molar-refractivity contribution is 6.36. The molecule has 0 amide bonds. The van der Waals surface area contributed by atoms with Crippen LogP contribution in [0.5, 0.6) is 5.75 Å². The Bertz CT molecular complexity index is 886. The minimum Gasteiger partial charge on any atom is -0.493 e. The minimum atomic E-state index is -0.167. The molecule has 0 aliphatic rings. The number of Topliss-reactive ketones (excluding diaryl/α,β-unsaturated/α-hetero) is 1. The van der Waals surface area contributed by atoms with Gasteiger partial charge in [0.2, 0.25) is 0 Å². The number of fused-ring (bicyclic) bond motifs is 1. The first-order valence-electron chi connectivity index (χ1n) is 6.44. The van der Waals surface area contributed by atoms with Crippen molar-refractivity contribution in [1.82, 2.24) is 4.98 Å². The van der Waals surface area contributed by atoms with Gasteiger partial charge in [0, 0.05) is 24.1 Å². The fourth-order valence-corrected chi connectivity index (χ4v) is 2.73. The van der Waals surface area contributed by atoms with Crippen LogP contribution in [0.15, 0.2) is 34.9 Å². The van der Waals surface area contributed by atoms with Crippen molar-refractivity contribution in [1.29, 1.82) is 0 Å². The summed E-state index contributed by atoms with van der Waals surface area (Å²) in [5.41, 5.74) is 1.79. The summed E-state index contributed by atoms with van der Waals surface area (Å²) in [5.74, 6) is 0.626. The fourth-order valence-electron chi connectivity index (χ4n) is 2.25. The number of hydrogen-bond donors (Lipinski definition) is 0. The number of halogens is 2. The molecule has 0 N–H and O–H groups in total. The van der Waals surface area contributed by atoms with Crippen LogP contribution < -0.4 is 4.74 Å². The van der Waals surface area contributed by atoms with E-state index in [0.717, 1.165) is 5.56 Å². The van der Waals surface area contributed by atoms with Gasteiger partial charge in [0.15, 0.2) is 22.9 Å². The average molecular weight is 336 g/mol. The lowest BCUT2D eigenvalue weighted by Crippen LogP contribution is -1.88. The number of rotatable bonds is 3. The van der Waals surface area contributed by atoms with Gasteiger partial charge in [-0.05, 0) is 24.3 Å². The van der Waals surface area contributed by atoms with Gasteiger partial charge in [-0.2, -0.15) is 0 Å². The van der Waals surface area contributed by atoms with Crippen LogP contribution in [0.2, 0.25) is 10.0 Å². The molecule has 0 radical (unpaired) electrons. The lowest BCUT2D eigenvalue weighted by atomic mass is 10.1. The molecule has 0 saturated carbocycles. The number of carbonyl (C=O) groups is 1. The molecule has 3 rings (SSSR count). The Morgan fingerprint density at radius 2 is 2.05 bits per heavy atom. The Kier molecular flexibility index (Phi) is 3.81. The largest absolute Gasteiger partial charge is 0.493 e. The number of aromatic nitrogens is 1. The van der Waals surface area contributed by atoms with Gasteiger partial charge < -0.3 is 9.15 Å². The van der Waals surface area contributed by atoms with E-state index in [2.05, 4.69) is 4.98 Å². The monoisotopic (exact) mass is 335 g/mol. The quantitative estimate of drug-likeness (QED) is 0.631. The molecule has 0 unspecified atom stereocenters. The third-order valence-electron chi connectivity index (χ3n) is 3.28. The molecule has 1 aromatic carbocycles. The number of methoxy groups -OCH3 is 1. The number of ether oxygens (including phenoxy) is 1. The molecule has 6 heteroatoms. The molecule has 3 aromatic rings. The maximum atomic E-state index is 11.6. The molecule has 112 valence electrons. The van der Waals surface area contributed by atoms with Crippen molar-refractivity contribution in [2.45, 2.75) is 6.92 Å². The summed E-state index contributed by atoms with van der Waals surface area (Å²) in [5, 5.41) is 1.58. The first-order chi connectivity index (χ1) is 10.5. The highest BCUT2D eigenvalue weighted by Gasteiger charge is 2.18. The Morgan fingerprint density at radius 1 is 1.27 bits per heavy atom. The van der Waals surface area contributed by atoms with Crippen LogP contribution in [-0.4, -0.2) is 17.9 Å². The molecular formula is C16H11Cl2NO3. The predicted octanol–water partition coefficient (Wildman–Crippen LogP) is 5.01. The number of carbonyl (C=O) groups excluding carboxylic acids is 1. The number of benzene rings is 1. The maximum Gasteiger partial charge on any atom is 0.194 e. The van der Waals surface area contributed by atoms with Crippen molar-refractivity contribution in [2.24, 2.45) is 0 Å². The van der Waals surface area contributed by atoms with E-state index in [0.29, 0.717) is 32.5 Å². The number of nitrogens with zero attached hydrogens (tertiary/aromatic N) is 1. The van der Waals surface area contributed by atoms with Crippen LogP contribution in [0.3, 0.4) is 0 Å². The molecule has 0 aliphatic carbocycles. The standard InChI is InChI=1S/C16H11Cl2NO3/c1-8(20)14-6-11-10(3-4-13(21-2)16(11)22-14)15-12(18)5-9(17)7-19-15/h3-7H,1-2H3. The molecule has 0 bridgehead atoms. The van der Waals surface area contributed by atoms with Crippen LogP contribution in [0.4, 0.5) is 0 Å². The lowest BCUT2D eigenvalue weighted by molar-refractivity contribution is 0.0989. The van der Waals surface area contributed by atoms with Crippen molar-refractivity contribution < 1.29 is 13.9 Å². The summed E-state index contributed by atoms with van der Waals surface area (Å²) >= 11 is 12.1. The summed E-state index contributed by atoms with van der Waals surface area (Å²) in [7, 11) is 1.54. The van der Waals surface area contributed by atoms with Crippen molar-refractivity contribution in [3.8, 4) is 17.0 Å². The van der Waals surface area contributed by atoms with Gasteiger partial charge in [-0.3, -0.25) is 9.78 Å². The fraction of sp³-hybridized carbons (Fsp3) is 0.125. The van der Waals surface area contributed by atoms with Crippen LogP contribution in [-0.2, 0) is 0 Å². The minimum absolute atomic E-state index is 0.167. The van der Waals surface area contributed by atoms with Crippen molar-refractivity contribution in [3.63, 3.8) is 0 Å². The SMILES string of the molecule is COc1ccc(-c2ncc(Cl)cc2Cl)c2cc(C(C)=O)oc12. The van der Waals surface area contributed by atoms with Gasteiger partial charge in [0.05, 0.1) is 22.8 Å². The molecule has 4 nitrogen and oxygen atoms in total. The smallest absolute Gasteiger partial charge is 0.194 e. The first kappa shape index (κ1) is 14.9. The third-order valence-corrected chi connectivity index (χ3v) is 3.77. The number of furan rings is 1. The van der Waals surface area contributed by atoms with E-state index < -0.39 is 0 Å². The van der Waals surface area contributed by atoms with Crippen LogP contribution in [0.25, 0.3) is 22.2 Å². The Labute approximate surface area is 136 Å². The number of pyridine rings is 1. The van der Waals surface area contributed by atoms with Crippen molar-refractivity contribution in [2.75, 3.05) is 7.11 Å². The van der Waals surface area contributed by atoms with Crippen LogP contribution >= 0.6 is 23.2 Å². The summed E-state index contributed by atoms with van der Waals surface area (Å²) in [6.07, 6.45) is 1.52. The molecule has 0 fully saturated rings. The molecule has 2 heterocycles. The van der Waals surface area contributed by atoms with Crippen molar-refractivity contribution >= 4 is 40.0 Å². The van der Waals surface area contributed by atoms with E-state index in [4.69, 9.17) is 32.4 Å². The Balaban J connectivity index is 2.32. The molecule has 0 saturated heterocycles. The van der Waals surface area contributed by atoms with Crippen LogP contribution in [0, 0.1) is 0 Å². The maximum absolute atomic E-state index is 11.6. The van der Waals surface area contributed by atoms with E-state index in [9.17, 15) is 4.79 Å². The van der Waals surface area contributed by atoms with Gasteiger partial charge in [-0.15, -0.1) is 0 Å². The third kappa shape index (κ3) is 2.45. The van der Waals surface area contributed by atoms with E-state index in [1.54, 1.807) is 18.2 Å². The predicted molar refractivity (Wildman–Crippen MR) is 86.0 cm³/mol. The first-order valence-corrected chi connectivity index (χ1v) is 7.19. The zero-order valence-corrected chi connectivity index (χ0v) is 13.3. The summed E-state index contributed by atoms with van der Waals surface area (Å²) < 4.78 is 10.9. The highest BCUT2D eigenvalue weighted by Crippen LogP contribution is 2.38. The van der Waals surface area contributed by atoms with Gasteiger partial charge in [0.25, 0.3) is 0 Å². The van der Waals surface area contributed by atoms with E-state index in [1.165, 1.54) is 20.2 Å². The van der Waals surface area contributed by atoms with Gasteiger partial charge in [-0.1, -0.05) is 23.2 Å². The van der Waals surface area contributed by atoms with E-state index in [1.807, 2.05) is 6.07 Å². The van der Waals surface area contributed by atoms with Crippen LogP contribution in [0.1, 0.15) is 17.5 Å². The molecule has 22 heavy (non-hydrogen) atoms. The second kappa shape index (κ2) is 5.63. The summed E-state index contributed by atoms with van der Waals surface area (Å²) in [6, 6.07) is 6.86. The molecule has 0 aliphatic heterocycles. The summed E-state index contributed by atoms with van der Waals surface area (Å²) in [6.45, 7) is 1.44. The van der Waals surface area contributed by atoms with Gasteiger partial charge in [0.1, 0.15) is 0 Å². The second-order valence-corrected chi connectivity index (χ2v) is 5.55.